The van der Waals surface area contributed by atoms with Gasteiger partial charge in [-0.25, -0.2) is 9.79 Å². The van der Waals surface area contributed by atoms with Crippen molar-refractivity contribution in [2.45, 2.75) is 12.6 Å². The van der Waals surface area contributed by atoms with Gasteiger partial charge in [-0.05, 0) is 48.0 Å². The number of nitrogens with zero attached hydrogens (tertiary/aromatic N) is 3. The van der Waals surface area contributed by atoms with E-state index in [1.807, 2.05) is 24.1 Å². The third kappa shape index (κ3) is 4.82. The topological polar surface area (TPSA) is 65.7 Å². The lowest BCUT2D eigenvalue weighted by molar-refractivity contribution is -0.137. The van der Waals surface area contributed by atoms with Gasteiger partial charge in [0.05, 0.1) is 18.1 Å². The number of cyclic esters (lactones) is 1. The summed E-state index contributed by atoms with van der Waals surface area (Å²) in [5, 5.41) is 8.65. The normalized spacial score (nSPS) is 15.1. The first-order valence-corrected chi connectivity index (χ1v) is 8.66. The molecule has 0 aromatic heterocycles. The zero-order chi connectivity index (χ0) is 21.0. The molecule has 148 valence electrons. The number of carbonyl (C=O) groups is 1. The first-order chi connectivity index (χ1) is 13.8. The number of rotatable bonds is 5. The molecule has 0 bridgehead atoms. The van der Waals surface area contributed by atoms with Crippen molar-refractivity contribution in [3.63, 3.8) is 0 Å². The molecule has 0 saturated carbocycles. The van der Waals surface area contributed by atoms with E-state index in [4.69, 9.17) is 10.00 Å². The van der Waals surface area contributed by atoms with E-state index in [9.17, 15) is 18.0 Å². The van der Waals surface area contributed by atoms with Crippen molar-refractivity contribution in [3.8, 4) is 6.07 Å². The number of esters is 1. The number of alkyl halides is 3. The number of carbonyl (C=O) groups excluding carboxylic acids is 1. The van der Waals surface area contributed by atoms with E-state index in [0.717, 1.165) is 17.8 Å². The van der Waals surface area contributed by atoms with Crippen molar-refractivity contribution in [1.29, 1.82) is 5.26 Å². The maximum atomic E-state index is 12.7. The van der Waals surface area contributed by atoms with E-state index in [-0.39, 0.29) is 17.2 Å². The SMILES string of the molecule is CN(CCC#N)c1ccc(/C=C2/N=C(c3ccc(C(F)(F)F)cc3)OC2=O)cc1. The van der Waals surface area contributed by atoms with Crippen molar-refractivity contribution in [2.24, 2.45) is 4.99 Å². The van der Waals surface area contributed by atoms with E-state index in [2.05, 4.69) is 11.1 Å². The molecule has 29 heavy (non-hydrogen) atoms. The van der Waals surface area contributed by atoms with Crippen LogP contribution in [0.4, 0.5) is 18.9 Å². The predicted molar refractivity (Wildman–Crippen MR) is 102 cm³/mol. The molecule has 3 rings (SSSR count). The number of halogens is 3. The molecule has 0 spiro atoms. The summed E-state index contributed by atoms with van der Waals surface area (Å²) in [6.45, 7) is 0.601. The number of hydrogen-bond donors (Lipinski definition) is 0. The zero-order valence-electron chi connectivity index (χ0n) is 15.4. The molecule has 0 radical (unpaired) electrons. The second-order valence-corrected chi connectivity index (χ2v) is 6.33. The van der Waals surface area contributed by atoms with Crippen LogP contribution in [0.2, 0.25) is 0 Å². The van der Waals surface area contributed by atoms with Crippen LogP contribution in [0.3, 0.4) is 0 Å². The number of anilines is 1. The Morgan fingerprint density at radius 3 is 2.38 bits per heavy atom. The van der Waals surface area contributed by atoms with E-state index >= 15 is 0 Å². The maximum absolute atomic E-state index is 12.7. The average Bonchev–Trinajstić information content (AvgIpc) is 3.06. The number of ether oxygens (including phenoxy) is 1. The Morgan fingerprint density at radius 1 is 1.14 bits per heavy atom. The molecule has 1 aliphatic rings. The Morgan fingerprint density at radius 2 is 1.79 bits per heavy atom. The smallest absolute Gasteiger partial charge is 0.402 e. The van der Waals surface area contributed by atoms with E-state index in [1.165, 1.54) is 12.1 Å². The second-order valence-electron chi connectivity index (χ2n) is 6.33. The highest BCUT2D eigenvalue weighted by Crippen LogP contribution is 2.29. The quantitative estimate of drug-likeness (QED) is 0.552. The molecule has 0 atom stereocenters. The summed E-state index contributed by atoms with van der Waals surface area (Å²) < 4.78 is 43.1. The highest BCUT2D eigenvalue weighted by Gasteiger charge is 2.31. The first-order valence-electron chi connectivity index (χ1n) is 8.66. The lowest BCUT2D eigenvalue weighted by atomic mass is 10.1. The van der Waals surface area contributed by atoms with Crippen molar-refractivity contribution < 1.29 is 22.7 Å². The van der Waals surface area contributed by atoms with Gasteiger partial charge in [0, 0.05) is 24.8 Å². The van der Waals surface area contributed by atoms with Crippen LogP contribution >= 0.6 is 0 Å². The Balaban J connectivity index is 1.77. The molecule has 1 heterocycles. The van der Waals surface area contributed by atoms with Gasteiger partial charge in [0.15, 0.2) is 5.70 Å². The van der Waals surface area contributed by atoms with Crippen LogP contribution in [-0.2, 0) is 15.7 Å². The fraction of sp³-hybridized carbons (Fsp3) is 0.190. The molecule has 0 fully saturated rings. The molecule has 5 nitrogen and oxygen atoms in total. The maximum Gasteiger partial charge on any atom is 0.416 e. The van der Waals surface area contributed by atoms with Crippen LogP contribution in [-0.4, -0.2) is 25.5 Å². The second kappa shape index (κ2) is 8.19. The summed E-state index contributed by atoms with van der Waals surface area (Å²) in [5.74, 6) is -0.710. The van der Waals surface area contributed by atoms with Gasteiger partial charge in [0.2, 0.25) is 5.90 Å². The van der Waals surface area contributed by atoms with E-state index < -0.39 is 17.7 Å². The first kappa shape index (κ1) is 20.1. The monoisotopic (exact) mass is 399 g/mol. The summed E-state index contributed by atoms with van der Waals surface area (Å²) in [7, 11) is 1.87. The van der Waals surface area contributed by atoms with Crippen LogP contribution in [0.1, 0.15) is 23.1 Å². The Labute approximate surface area is 165 Å². The average molecular weight is 399 g/mol. The minimum absolute atomic E-state index is 0.0390. The molecule has 0 N–H and O–H groups in total. The van der Waals surface area contributed by atoms with Crippen molar-refractivity contribution in [1.82, 2.24) is 0 Å². The molecule has 1 aliphatic heterocycles. The van der Waals surface area contributed by atoms with Crippen LogP contribution < -0.4 is 4.90 Å². The van der Waals surface area contributed by atoms with Crippen molar-refractivity contribution >= 4 is 23.6 Å². The van der Waals surface area contributed by atoms with Crippen molar-refractivity contribution in [2.75, 3.05) is 18.5 Å². The van der Waals surface area contributed by atoms with Gasteiger partial charge >= 0.3 is 12.1 Å². The third-order valence-corrected chi connectivity index (χ3v) is 4.28. The predicted octanol–water partition coefficient (Wildman–Crippen LogP) is 4.40. The number of hydrogen-bond acceptors (Lipinski definition) is 5. The third-order valence-electron chi connectivity index (χ3n) is 4.28. The number of nitriles is 1. The van der Waals surface area contributed by atoms with Gasteiger partial charge in [-0.2, -0.15) is 18.4 Å². The zero-order valence-corrected chi connectivity index (χ0v) is 15.4. The van der Waals surface area contributed by atoms with Gasteiger partial charge < -0.3 is 9.64 Å². The molecule has 0 amide bonds. The molecule has 0 aliphatic carbocycles. The van der Waals surface area contributed by atoms with Crippen LogP contribution in [0.5, 0.6) is 0 Å². The van der Waals surface area contributed by atoms with Gasteiger partial charge in [-0.3, -0.25) is 0 Å². The number of aliphatic imine (C=N–C) groups is 1. The summed E-state index contributed by atoms with van der Waals surface area (Å²) >= 11 is 0. The fourth-order valence-corrected chi connectivity index (χ4v) is 2.66. The molecule has 2 aromatic carbocycles. The van der Waals surface area contributed by atoms with Gasteiger partial charge in [0.1, 0.15) is 0 Å². The van der Waals surface area contributed by atoms with E-state index in [0.29, 0.717) is 18.5 Å². The highest BCUT2D eigenvalue weighted by atomic mass is 19.4. The van der Waals surface area contributed by atoms with Crippen LogP contribution in [0, 0.1) is 11.3 Å². The Kier molecular flexibility index (Phi) is 5.69. The van der Waals surface area contributed by atoms with Crippen LogP contribution in [0.25, 0.3) is 6.08 Å². The number of benzene rings is 2. The fourth-order valence-electron chi connectivity index (χ4n) is 2.66. The minimum atomic E-state index is -4.44. The summed E-state index contributed by atoms with van der Waals surface area (Å²) in [6, 6.07) is 13.6. The standard InChI is InChI=1S/C21H16F3N3O2/c1-27(12-2-11-25)17-9-3-14(4-10-17)13-18-20(28)29-19(26-18)15-5-7-16(8-6-15)21(22,23)24/h3-10,13H,2,12H2,1H3/b18-13+. The minimum Gasteiger partial charge on any atom is -0.402 e. The lowest BCUT2D eigenvalue weighted by Gasteiger charge is -2.17. The lowest BCUT2D eigenvalue weighted by Crippen LogP contribution is -2.17. The molecule has 8 heteroatoms. The van der Waals surface area contributed by atoms with Gasteiger partial charge in [-0.15, -0.1) is 0 Å². The summed E-state index contributed by atoms with van der Waals surface area (Å²) in [5.41, 5.74) is 1.19. The molecular weight excluding hydrogens is 383 g/mol. The Bertz CT molecular complexity index is 1000. The largest absolute Gasteiger partial charge is 0.416 e. The highest BCUT2D eigenvalue weighted by molar-refractivity contribution is 6.12. The molecule has 2 aromatic rings. The summed E-state index contributed by atoms with van der Waals surface area (Å²) in [4.78, 5) is 18.1. The van der Waals surface area contributed by atoms with Crippen LogP contribution in [0.15, 0.2) is 59.2 Å². The summed E-state index contributed by atoms with van der Waals surface area (Å²) in [6.07, 6.45) is -2.49. The molecule has 0 unspecified atom stereocenters. The van der Waals surface area contributed by atoms with Crippen molar-refractivity contribution in [3.05, 3.63) is 70.9 Å². The molecule has 0 saturated heterocycles. The van der Waals surface area contributed by atoms with Gasteiger partial charge in [-0.1, -0.05) is 12.1 Å². The Hall–Kier alpha value is -3.60. The van der Waals surface area contributed by atoms with Gasteiger partial charge in [0.25, 0.3) is 0 Å². The molecular formula is C21H16F3N3O2. The van der Waals surface area contributed by atoms with E-state index in [1.54, 1.807) is 18.2 Å².